The van der Waals surface area contributed by atoms with Gasteiger partial charge < -0.3 is 5.32 Å². The van der Waals surface area contributed by atoms with Crippen molar-refractivity contribution in [2.24, 2.45) is 0 Å². The van der Waals surface area contributed by atoms with Crippen LogP contribution >= 0.6 is 11.8 Å². The molecule has 1 amide bonds. The van der Waals surface area contributed by atoms with E-state index in [1.807, 2.05) is 60.9 Å². The van der Waals surface area contributed by atoms with E-state index in [1.54, 1.807) is 6.92 Å². The van der Waals surface area contributed by atoms with Gasteiger partial charge in [0, 0.05) is 6.42 Å². The van der Waals surface area contributed by atoms with E-state index in [0.717, 1.165) is 46.3 Å². The third-order valence-electron chi connectivity index (χ3n) is 5.44. The van der Waals surface area contributed by atoms with Crippen LogP contribution in [0.15, 0.2) is 65.8 Å². The van der Waals surface area contributed by atoms with E-state index in [-0.39, 0.29) is 0 Å². The summed E-state index contributed by atoms with van der Waals surface area (Å²) in [4.78, 5) is 12.8. The lowest BCUT2D eigenvalue weighted by Gasteiger charge is -2.16. The van der Waals surface area contributed by atoms with Crippen molar-refractivity contribution in [1.29, 1.82) is 0 Å². The van der Waals surface area contributed by atoms with E-state index in [0.29, 0.717) is 17.4 Å². The number of thioether (sulfide) groups is 1. The quantitative estimate of drug-likeness (QED) is 0.251. The monoisotopic (exact) mass is 496 g/mol. The Labute approximate surface area is 205 Å². The van der Waals surface area contributed by atoms with Crippen LogP contribution in [0.25, 0.3) is 5.69 Å². The summed E-state index contributed by atoms with van der Waals surface area (Å²) in [5.74, 6) is -4.29. The Hall–Kier alpha value is -3.59. The van der Waals surface area contributed by atoms with E-state index in [2.05, 4.69) is 21.6 Å². The molecule has 0 aliphatic rings. The molecule has 0 saturated heterocycles. The predicted octanol–water partition coefficient (Wildman–Crippen LogP) is 6.01. The summed E-state index contributed by atoms with van der Waals surface area (Å²) >= 11 is 1.14. The lowest BCUT2D eigenvalue weighted by Crippen LogP contribution is -2.24. The van der Waals surface area contributed by atoms with Gasteiger partial charge in [-0.15, -0.1) is 10.2 Å². The summed E-state index contributed by atoms with van der Waals surface area (Å²) in [7, 11) is 0. The van der Waals surface area contributed by atoms with Gasteiger partial charge in [0.15, 0.2) is 22.6 Å². The van der Waals surface area contributed by atoms with Crippen LogP contribution in [-0.4, -0.2) is 25.9 Å². The van der Waals surface area contributed by atoms with Crippen molar-refractivity contribution in [1.82, 2.24) is 14.8 Å². The first-order valence-corrected chi connectivity index (χ1v) is 11.8. The molecule has 1 heterocycles. The minimum absolute atomic E-state index is 0.429. The standard InChI is InChI=1S/C26H23F3N4OS/c1-15-9-12-21(16(2)13-15)33-22(14-18-7-5-4-6-8-18)31-32-26(33)35-17(3)25(34)30-20-11-10-19(27)23(28)24(20)29/h4-13,17H,14H2,1-3H3,(H,30,34). The third-order valence-corrected chi connectivity index (χ3v) is 6.49. The number of aromatic nitrogens is 3. The summed E-state index contributed by atoms with van der Waals surface area (Å²) in [6, 6.07) is 17.6. The van der Waals surface area contributed by atoms with Gasteiger partial charge in [-0.3, -0.25) is 9.36 Å². The van der Waals surface area contributed by atoms with Gasteiger partial charge in [-0.1, -0.05) is 59.8 Å². The molecule has 0 spiro atoms. The topological polar surface area (TPSA) is 59.8 Å². The second-order valence-electron chi connectivity index (χ2n) is 8.16. The minimum Gasteiger partial charge on any atom is -0.323 e. The second kappa shape index (κ2) is 10.4. The number of anilines is 1. The molecule has 0 bridgehead atoms. The lowest BCUT2D eigenvalue weighted by molar-refractivity contribution is -0.115. The largest absolute Gasteiger partial charge is 0.323 e. The highest BCUT2D eigenvalue weighted by atomic mass is 32.2. The zero-order chi connectivity index (χ0) is 25.1. The number of amides is 1. The van der Waals surface area contributed by atoms with E-state index >= 15 is 0 Å². The number of rotatable bonds is 7. The van der Waals surface area contributed by atoms with Crippen LogP contribution in [0.1, 0.15) is 29.4 Å². The van der Waals surface area contributed by atoms with Crippen LogP contribution in [0, 0.1) is 31.3 Å². The third kappa shape index (κ3) is 5.40. The Bertz CT molecular complexity index is 1370. The number of halogens is 3. The number of nitrogens with zero attached hydrogens (tertiary/aromatic N) is 3. The molecule has 5 nitrogen and oxygen atoms in total. The number of hydrogen-bond donors (Lipinski definition) is 1. The maximum Gasteiger partial charge on any atom is 0.237 e. The highest BCUT2D eigenvalue weighted by Crippen LogP contribution is 2.29. The second-order valence-corrected chi connectivity index (χ2v) is 9.47. The fourth-order valence-electron chi connectivity index (χ4n) is 3.64. The van der Waals surface area contributed by atoms with Crippen LogP contribution in [0.5, 0.6) is 0 Å². The predicted molar refractivity (Wildman–Crippen MR) is 130 cm³/mol. The first kappa shape index (κ1) is 24.5. The molecule has 0 aliphatic heterocycles. The minimum atomic E-state index is -1.64. The van der Waals surface area contributed by atoms with Crippen LogP contribution in [0.4, 0.5) is 18.9 Å². The number of nitrogens with one attached hydrogen (secondary N) is 1. The molecule has 1 unspecified atom stereocenters. The molecular weight excluding hydrogens is 473 g/mol. The van der Waals surface area contributed by atoms with Gasteiger partial charge in [0.05, 0.1) is 16.6 Å². The number of benzene rings is 3. The lowest BCUT2D eigenvalue weighted by atomic mass is 10.1. The van der Waals surface area contributed by atoms with E-state index in [9.17, 15) is 18.0 Å². The number of hydrogen-bond acceptors (Lipinski definition) is 4. The Morgan fingerprint density at radius 3 is 2.46 bits per heavy atom. The van der Waals surface area contributed by atoms with Crippen LogP contribution < -0.4 is 5.32 Å². The Balaban J connectivity index is 1.63. The maximum absolute atomic E-state index is 14.0. The van der Waals surface area contributed by atoms with Crippen molar-refractivity contribution in [3.8, 4) is 5.69 Å². The van der Waals surface area contributed by atoms with Gasteiger partial charge in [0.2, 0.25) is 5.91 Å². The van der Waals surface area contributed by atoms with Crippen LogP contribution in [-0.2, 0) is 11.2 Å². The van der Waals surface area contributed by atoms with Gasteiger partial charge in [-0.2, -0.15) is 0 Å². The molecular formula is C26H23F3N4OS. The van der Waals surface area contributed by atoms with Crippen molar-refractivity contribution in [2.75, 3.05) is 5.32 Å². The number of carbonyl (C=O) groups excluding carboxylic acids is 1. The molecule has 0 radical (unpaired) electrons. The van der Waals surface area contributed by atoms with Gasteiger partial charge in [0.25, 0.3) is 0 Å². The molecule has 35 heavy (non-hydrogen) atoms. The van der Waals surface area contributed by atoms with Crippen molar-refractivity contribution in [3.63, 3.8) is 0 Å². The van der Waals surface area contributed by atoms with Crippen molar-refractivity contribution in [3.05, 3.63) is 101 Å². The summed E-state index contributed by atoms with van der Waals surface area (Å²) in [6.07, 6.45) is 0.530. The zero-order valence-electron chi connectivity index (χ0n) is 19.3. The molecule has 9 heteroatoms. The molecule has 1 atom stereocenters. The highest BCUT2D eigenvalue weighted by molar-refractivity contribution is 8.00. The molecule has 0 aliphatic carbocycles. The Morgan fingerprint density at radius 2 is 1.74 bits per heavy atom. The average Bonchev–Trinajstić information content (AvgIpc) is 3.21. The first-order valence-electron chi connectivity index (χ1n) is 10.9. The molecule has 0 saturated carbocycles. The normalized spacial score (nSPS) is 11.9. The van der Waals surface area contributed by atoms with Crippen molar-refractivity contribution in [2.45, 2.75) is 37.6 Å². The SMILES string of the molecule is Cc1ccc(-n2c(Cc3ccccc3)nnc2SC(C)C(=O)Nc2ccc(F)c(F)c2F)c(C)c1. The molecule has 1 aromatic heterocycles. The van der Waals surface area contributed by atoms with Gasteiger partial charge in [-0.05, 0) is 50.1 Å². The Morgan fingerprint density at radius 1 is 1.00 bits per heavy atom. The number of aryl methyl sites for hydroxylation is 2. The van der Waals surface area contributed by atoms with Gasteiger partial charge in [-0.25, -0.2) is 13.2 Å². The van der Waals surface area contributed by atoms with E-state index in [4.69, 9.17) is 0 Å². The van der Waals surface area contributed by atoms with E-state index < -0.39 is 34.3 Å². The average molecular weight is 497 g/mol. The van der Waals surface area contributed by atoms with Crippen molar-refractivity contribution < 1.29 is 18.0 Å². The van der Waals surface area contributed by atoms with Gasteiger partial charge >= 0.3 is 0 Å². The molecule has 180 valence electrons. The zero-order valence-corrected chi connectivity index (χ0v) is 20.2. The number of carbonyl (C=O) groups is 1. The summed E-state index contributed by atoms with van der Waals surface area (Å²) < 4.78 is 42.7. The smallest absolute Gasteiger partial charge is 0.237 e. The highest BCUT2D eigenvalue weighted by Gasteiger charge is 2.24. The summed E-state index contributed by atoms with van der Waals surface area (Å²) in [6.45, 7) is 5.62. The molecule has 0 fully saturated rings. The molecule has 3 aromatic carbocycles. The molecule has 1 N–H and O–H groups in total. The summed E-state index contributed by atoms with van der Waals surface area (Å²) in [5.41, 5.74) is 3.64. The first-order chi connectivity index (χ1) is 16.7. The fraction of sp³-hybridized carbons (Fsp3) is 0.192. The van der Waals surface area contributed by atoms with Gasteiger partial charge in [0.1, 0.15) is 5.82 Å². The molecule has 4 rings (SSSR count). The van der Waals surface area contributed by atoms with Crippen molar-refractivity contribution >= 4 is 23.4 Å². The van der Waals surface area contributed by atoms with Crippen LogP contribution in [0.3, 0.4) is 0 Å². The summed E-state index contributed by atoms with van der Waals surface area (Å²) in [5, 5.41) is 10.8. The molecule has 4 aromatic rings. The maximum atomic E-state index is 14.0. The van der Waals surface area contributed by atoms with Crippen LogP contribution in [0.2, 0.25) is 0 Å². The van der Waals surface area contributed by atoms with E-state index in [1.165, 1.54) is 0 Å². The Kier molecular flexibility index (Phi) is 7.25. The fourth-order valence-corrected chi connectivity index (χ4v) is 4.52.